The van der Waals surface area contributed by atoms with E-state index in [1.165, 1.54) is 31.4 Å². The summed E-state index contributed by atoms with van der Waals surface area (Å²) >= 11 is 3.69. The van der Waals surface area contributed by atoms with Crippen LogP contribution in [0.25, 0.3) is 0 Å². The topological polar surface area (TPSA) is 38.0 Å². The summed E-state index contributed by atoms with van der Waals surface area (Å²) in [5, 5.41) is 16.0. The smallest absolute Gasteiger partial charge is 0.0738 e. The average Bonchev–Trinajstić information content (AvgIpc) is 3.16. The number of fused-ring (bicyclic) bond motifs is 5. The highest BCUT2D eigenvalue weighted by Gasteiger charge is 2.60. The van der Waals surface area contributed by atoms with E-state index < -0.39 is 5.60 Å². The second-order valence-electron chi connectivity index (χ2n) is 7.51. The number of aliphatic hydroxyl groups is 1. The summed E-state index contributed by atoms with van der Waals surface area (Å²) in [7, 11) is 0. The number of rotatable bonds is 3. The Morgan fingerprint density at radius 2 is 2.14 bits per heavy atom. The number of hydrogen-bond donors (Lipinski definition) is 1. The fraction of sp³-hybridized carbons (Fsp3) is 0.824. The lowest BCUT2D eigenvalue weighted by Crippen LogP contribution is -2.43. The Bertz CT molecular complexity index is 569. The molecule has 0 spiro atoms. The lowest BCUT2D eigenvalue weighted by molar-refractivity contribution is -0.0464. The number of nitrogens with zero attached hydrogens (tertiary/aromatic N) is 2. The summed E-state index contributed by atoms with van der Waals surface area (Å²) < 4.78 is 3.17. The number of hydrogen-bond acceptors (Lipinski definition) is 2. The number of aromatic nitrogens is 2. The molecule has 3 aliphatic carbocycles. The van der Waals surface area contributed by atoms with Crippen LogP contribution in [0.5, 0.6) is 0 Å². The van der Waals surface area contributed by atoms with E-state index in [0.29, 0.717) is 5.92 Å². The highest BCUT2D eigenvalue weighted by molar-refractivity contribution is 9.10. The Morgan fingerprint density at radius 1 is 1.38 bits per heavy atom. The molecular formula is C17H25BrN2O. The van der Waals surface area contributed by atoms with Crippen molar-refractivity contribution in [2.24, 2.45) is 23.7 Å². The summed E-state index contributed by atoms with van der Waals surface area (Å²) in [4.78, 5) is 0. The molecule has 5 atom stereocenters. The number of aryl methyl sites for hydroxylation is 2. The third-order valence-corrected chi connectivity index (χ3v) is 7.57. The van der Waals surface area contributed by atoms with E-state index in [1.54, 1.807) is 0 Å². The summed E-state index contributed by atoms with van der Waals surface area (Å²) in [6, 6.07) is 0. The fourth-order valence-electron chi connectivity index (χ4n) is 5.77. The third-order valence-electron chi connectivity index (χ3n) is 6.54. The van der Waals surface area contributed by atoms with Gasteiger partial charge in [-0.05, 0) is 79.1 Å². The molecule has 0 aromatic carbocycles. The lowest BCUT2D eigenvalue weighted by atomic mass is 9.71. The molecule has 2 bridgehead atoms. The van der Waals surface area contributed by atoms with E-state index in [9.17, 15) is 5.11 Å². The Morgan fingerprint density at radius 3 is 2.90 bits per heavy atom. The molecule has 4 heteroatoms. The van der Waals surface area contributed by atoms with Crippen LogP contribution in [0.2, 0.25) is 0 Å². The SMILES string of the molecule is CCn1nc(C)c(Br)c1CC1(O)CC2CC1C1CCCC21. The van der Waals surface area contributed by atoms with E-state index >= 15 is 0 Å². The standard InChI is InChI=1S/C17H25BrN2O/c1-3-20-15(16(18)10(2)19-20)9-17(21)8-11-7-14(17)13-6-4-5-12(11)13/h11-14,21H,3-9H2,1-2H3. The van der Waals surface area contributed by atoms with Gasteiger partial charge < -0.3 is 5.11 Å². The lowest BCUT2D eigenvalue weighted by Gasteiger charge is -2.39. The quantitative estimate of drug-likeness (QED) is 0.900. The van der Waals surface area contributed by atoms with Crippen molar-refractivity contribution in [3.8, 4) is 0 Å². The molecule has 5 unspecified atom stereocenters. The average molecular weight is 353 g/mol. The van der Waals surface area contributed by atoms with Crippen LogP contribution in [0, 0.1) is 30.6 Å². The van der Waals surface area contributed by atoms with Gasteiger partial charge in [0.05, 0.1) is 21.5 Å². The van der Waals surface area contributed by atoms with Crippen LogP contribution in [-0.4, -0.2) is 20.5 Å². The van der Waals surface area contributed by atoms with Crippen molar-refractivity contribution in [3.05, 3.63) is 15.9 Å². The molecule has 3 aliphatic rings. The zero-order chi connectivity index (χ0) is 14.8. The molecule has 1 aromatic rings. The van der Waals surface area contributed by atoms with Crippen LogP contribution in [0.1, 0.15) is 50.4 Å². The largest absolute Gasteiger partial charge is 0.389 e. The second kappa shape index (κ2) is 4.82. The maximum Gasteiger partial charge on any atom is 0.0738 e. The van der Waals surface area contributed by atoms with Gasteiger partial charge in [0.1, 0.15) is 0 Å². The summed E-state index contributed by atoms with van der Waals surface area (Å²) in [5.41, 5.74) is 1.75. The zero-order valence-corrected chi connectivity index (χ0v) is 14.6. The van der Waals surface area contributed by atoms with Crippen LogP contribution >= 0.6 is 15.9 Å². The fourth-order valence-corrected chi connectivity index (χ4v) is 6.19. The maximum absolute atomic E-state index is 11.4. The minimum absolute atomic E-state index is 0.488. The summed E-state index contributed by atoms with van der Waals surface area (Å²) in [5.74, 6) is 3.04. The first-order valence-corrected chi connectivity index (χ1v) is 9.27. The molecule has 0 aliphatic heterocycles. The van der Waals surface area contributed by atoms with Gasteiger partial charge in [0.15, 0.2) is 0 Å². The van der Waals surface area contributed by atoms with Crippen LogP contribution in [0.3, 0.4) is 0 Å². The van der Waals surface area contributed by atoms with E-state index in [-0.39, 0.29) is 0 Å². The molecule has 1 aromatic heterocycles. The molecule has 3 fully saturated rings. The first kappa shape index (κ1) is 14.3. The van der Waals surface area contributed by atoms with Gasteiger partial charge in [-0.2, -0.15) is 5.10 Å². The first-order chi connectivity index (χ1) is 10.0. The van der Waals surface area contributed by atoms with Crippen molar-refractivity contribution in [1.29, 1.82) is 0 Å². The Kier molecular flexibility index (Phi) is 3.27. The van der Waals surface area contributed by atoms with Crippen molar-refractivity contribution >= 4 is 15.9 Å². The molecule has 0 radical (unpaired) electrons. The monoisotopic (exact) mass is 352 g/mol. The van der Waals surface area contributed by atoms with Gasteiger partial charge in [-0.25, -0.2) is 0 Å². The maximum atomic E-state index is 11.4. The predicted octanol–water partition coefficient (Wildman–Crippen LogP) is 3.70. The molecular weight excluding hydrogens is 328 g/mol. The minimum Gasteiger partial charge on any atom is -0.389 e. The summed E-state index contributed by atoms with van der Waals surface area (Å²) in [6.45, 7) is 5.04. The highest BCUT2D eigenvalue weighted by Crippen LogP contribution is 2.63. The normalized spacial score (nSPS) is 41.0. The van der Waals surface area contributed by atoms with Crippen LogP contribution in [0.4, 0.5) is 0 Å². The van der Waals surface area contributed by atoms with Gasteiger partial charge in [0, 0.05) is 13.0 Å². The molecule has 0 saturated heterocycles. The Labute approximate surface area is 135 Å². The van der Waals surface area contributed by atoms with Gasteiger partial charge in [0.2, 0.25) is 0 Å². The molecule has 1 N–H and O–H groups in total. The van der Waals surface area contributed by atoms with Gasteiger partial charge in [0.25, 0.3) is 0 Å². The highest BCUT2D eigenvalue weighted by atomic mass is 79.9. The van der Waals surface area contributed by atoms with E-state index in [4.69, 9.17) is 0 Å². The molecule has 4 rings (SSSR count). The van der Waals surface area contributed by atoms with Crippen molar-refractivity contribution in [2.75, 3.05) is 0 Å². The number of halogens is 1. The second-order valence-corrected chi connectivity index (χ2v) is 8.30. The molecule has 116 valence electrons. The molecule has 21 heavy (non-hydrogen) atoms. The third kappa shape index (κ3) is 1.98. The minimum atomic E-state index is -0.488. The van der Waals surface area contributed by atoms with Crippen molar-refractivity contribution in [1.82, 2.24) is 9.78 Å². The molecule has 0 amide bonds. The predicted molar refractivity (Wildman–Crippen MR) is 86.0 cm³/mol. The van der Waals surface area contributed by atoms with Gasteiger partial charge >= 0.3 is 0 Å². The zero-order valence-electron chi connectivity index (χ0n) is 13.0. The van der Waals surface area contributed by atoms with Gasteiger partial charge in [-0.15, -0.1) is 0 Å². The van der Waals surface area contributed by atoms with Gasteiger partial charge in [-0.3, -0.25) is 4.68 Å². The van der Waals surface area contributed by atoms with Crippen LogP contribution in [-0.2, 0) is 13.0 Å². The van der Waals surface area contributed by atoms with Crippen molar-refractivity contribution in [2.45, 2.75) is 64.5 Å². The van der Waals surface area contributed by atoms with E-state index in [2.05, 4.69) is 32.6 Å². The van der Waals surface area contributed by atoms with E-state index in [1.807, 2.05) is 6.92 Å². The summed E-state index contributed by atoms with van der Waals surface area (Å²) in [6.07, 6.45) is 7.20. The molecule has 3 nitrogen and oxygen atoms in total. The van der Waals surface area contributed by atoms with Crippen molar-refractivity contribution < 1.29 is 5.11 Å². The van der Waals surface area contributed by atoms with E-state index in [0.717, 1.165) is 47.3 Å². The Balaban J connectivity index is 1.63. The molecule has 3 saturated carbocycles. The Hall–Kier alpha value is -0.350. The van der Waals surface area contributed by atoms with Gasteiger partial charge in [-0.1, -0.05) is 6.42 Å². The first-order valence-electron chi connectivity index (χ1n) is 8.47. The van der Waals surface area contributed by atoms with Crippen LogP contribution < -0.4 is 0 Å². The van der Waals surface area contributed by atoms with Crippen LogP contribution in [0.15, 0.2) is 4.47 Å². The van der Waals surface area contributed by atoms with Crippen molar-refractivity contribution in [3.63, 3.8) is 0 Å². The molecule has 1 heterocycles.